The van der Waals surface area contributed by atoms with Crippen LogP contribution in [0.3, 0.4) is 0 Å². The summed E-state index contributed by atoms with van der Waals surface area (Å²) in [7, 11) is 1.67. The number of carbonyl (C=O) groups is 2. The van der Waals surface area contributed by atoms with Crippen LogP contribution in [-0.4, -0.2) is 55.1 Å². The number of piperidine rings is 1. The molecule has 0 spiro atoms. The van der Waals surface area contributed by atoms with Crippen molar-refractivity contribution in [3.63, 3.8) is 0 Å². The number of carbonyl (C=O) groups excluding carboxylic acids is 2. The molecule has 1 atom stereocenters. The summed E-state index contributed by atoms with van der Waals surface area (Å²) in [4.78, 5) is 29.4. The maximum absolute atomic E-state index is 12.9. The molecule has 3 rings (SSSR count). The molecule has 152 valence electrons. The molecule has 1 aromatic rings. The van der Waals surface area contributed by atoms with Crippen LogP contribution in [0.5, 0.6) is 0 Å². The summed E-state index contributed by atoms with van der Waals surface area (Å²) < 4.78 is 5.34. The minimum atomic E-state index is -0.688. The van der Waals surface area contributed by atoms with Crippen LogP contribution in [0.4, 0.5) is 4.79 Å². The van der Waals surface area contributed by atoms with Crippen LogP contribution in [0.2, 0.25) is 10.0 Å². The second kappa shape index (κ2) is 9.16. The summed E-state index contributed by atoms with van der Waals surface area (Å²) in [5, 5.41) is 3.76. The van der Waals surface area contributed by atoms with Crippen LogP contribution in [0, 0.1) is 0 Å². The lowest BCUT2D eigenvalue weighted by Crippen LogP contribution is -2.49. The number of likely N-dealkylation sites (N-methyl/N-ethyl adjacent to an activating group) is 1. The fourth-order valence-corrected chi connectivity index (χ4v) is 4.21. The number of rotatable bonds is 5. The van der Waals surface area contributed by atoms with Gasteiger partial charge >= 0.3 is 12.0 Å². The summed E-state index contributed by atoms with van der Waals surface area (Å²) in [5.74, 6) is -0.447. The zero-order valence-corrected chi connectivity index (χ0v) is 17.6. The molecule has 1 fully saturated rings. The maximum atomic E-state index is 12.9. The average Bonchev–Trinajstić information content (AvgIpc) is 2.66. The molecular weight excluding hydrogens is 401 g/mol. The monoisotopic (exact) mass is 425 g/mol. The lowest BCUT2D eigenvalue weighted by atomic mass is 9.94. The largest absolute Gasteiger partial charge is 0.463 e. The van der Waals surface area contributed by atoms with Gasteiger partial charge in [0.15, 0.2) is 0 Å². The third-order valence-corrected chi connectivity index (χ3v) is 5.73. The van der Waals surface area contributed by atoms with Crippen LogP contribution < -0.4 is 5.32 Å². The van der Waals surface area contributed by atoms with Crippen molar-refractivity contribution in [3.05, 3.63) is 45.1 Å². The van der Waals surface area contributed by atoms with E-state index in [1.807, 2.05) is 0 Å². The molecule has 0 aromatic heterocycles. The minimum Gasteiger partial charge on any atom is -0.463 e. The van der Waals surface area contributed by atoms with Crippen molar-refractivity contribution in [2.75, 3.05) is 33.3 Å². The molecule has 2 aliphatic heterocycles. The first-order valence-corrected chi connectivity index (χ1v) is 10.3. The first-order chi connectivity index (χ1) is 13.4. The second-order valence-corrected chi connectivity index (χ2v) is 7.87. The summed E-state index contributed by atoms with van der Waals surface area (Å²) in [6, 6.07) is 4.07. The SMILES string of the molecule is CCOC(=O)C1=C(CN2CCCCC2)N(C)C(=O)NC1c1ccc(Cl)cc1Cl. The molecule has 1 aromatic carbocycles. The van der Waals surface area contributed by atoms with Gasteiger partial charge in [0.05, 0.1) is 18.2 Å². The van der Waals surface area contributed by atoms with Crippen LogP contribution in [0.1, 0.15) is 37.8 Å². The highest BCUT2D eigenvalue weighted by Gasteiger charge is 2.38. The highest BCUT2D eigenvalue weighted by atomic mass is 35.5. The molecule has 2 aliphatic rings. The van der Waals surface area contributed by atoms with E-state index in [9.17, 15) is 9.59 Å². The van der Waals surface area contributed by atoms with Crippen LogP contribution in [-0.2, 0) is 9.53 Å². The maximum Gasteiger partial charge on any atom is 0.338 e. The fraction of sp³-hybridized carbons (Fsp3) is 0.500. The summed E-state index contributed by atoms with van der Waals surface area (Å²) in [5.41, 5.74) is 1.69. The van der Waals surface area contributed by atoms with Crippen molar-refractivity contribution in [2.24, 2.45) is 0 Å². The fourth-order valence-electron chi connectivity index (χ4n) is 3.70. The Hall–Kier alpha value is -1.76. The Labute approximate surface area is 175 Å². The molecule has 1 N–H and O–H groups in total. The first-order valence-electron chi connectivity index (χ1n) is 9.54. The Morgan fingerprint density at radius 1 is 1.25 bits per heavy atom. The number of halogens is 2. The van der Waals surface area contributed by atoms with E-state index in [0.717, 1.165) is 25.9 Å². The van der Waals surface area contributed by atoms with E-state index in [2.05, 4.69) is 10.2 Å². The quantitative estimate of drug-likeness (QED) is 0.724. The highest BCUT2D eigenvalue weighted by Crippen LogP contribution is 2.36. The Kier molecular flexibility index (Phi) is 6.86. The Bertz CT molecular complexity index is 791. The Morgan fingerprint density at radius 2 is 1.96 bits per heavy atom. The number of nitrogens with one attached hydrogen (secondary N) is 1. The van der Waals surface area contributed by atoms with E-state index in [4.69, 9.17) is 27.9 Å². The lowest BCUT2D eigenvalue weighted by molar-refractivity contribution is -0.139. The van der Waals surface area contributed by atoms with Gasteiger partial charge in [-0.05, 0) is 50.6 Å². The molecule has 0 radical (unpaired) electrons. The molecule has 28 heavy (non-hydrogen) atoms. The van der Waals surface area contributed by atoms with E-state index in [-0.39, 0.29) is 12.6 Å². The molecule has 2 amide bonds. The topological polar surface area (TPSA) is 61.9 Å². The number of ether oxygens (including phenoxy) is 1. The highest BCUT2D eigenvalue weighted by molar-refractivity contribution is 6.35. The van der Waals surface area contributed by atoms with E-state index < -0.39 is 12.0 Å². The van der Waals surface area contributed by atoms with Gasteiger partial charge in [-0.1, -0.05) is 35.7 Å². The number of benzene rings is 1. The molecular formula is C20H25Cl2N3O3. The van der Waals surface area contributed by atoms with Gasteiger partial charge in [-0.25, -0.2) is 9.59 Å². The zero-order chi connectivity index (χ0) is 20.3. The van der Waals surface area contributed by atoms with Gasteiger partial charge in [-0.3, -0.25) is 9.80 Å². The van der Waals surface area contributed by atoms with E-state index in [1.54, 1.807) is 32.2 Å². The standard InChI is InChI=1S/C20H25Cl2N3O3/c1-3-28-19(26)17-16(12-25-9-5-4-6-10-25)24(2)20(27)23-18(17)14-8-7-13(21)11-15(14)22/h7-8,11,18H,3-6,9-10,12H2,1-2H3,(H,23,27). The van der Waals surface area contributed by atoms with Gasteiger partial charge in [0, 0.05) is 29.3 Å². The van der Waals surface area contributed by atoms with Crippen LogP contribution in [0.25, 0.3) is 0 Å². The van der Waals surface area contributed by atoms with Gasteiger partial charge in [-0.2, -0.15) is 0 Å². The van der Waals surface area contributed by atoms with Crippen molar-refractivity contribution >= 4 is 35.2 Å². The lowest BCUT2D eigenvalue weighted by Gasteiger charge is -2.37. The number of nitrogens with zero attached hydrogens (tertiary/aromatic N) is 2. The third-order valence-electron chi connectivity index (χ3n) is 5.17. The van der Waals surface area contributed by atoms with Gasteiger partial charge < -0.3 is 10.1 Å². The number of urea groups is 1. The molecule has 6 nitrogen and oxygen atoms in total. The zero-order valence-electron chi connectivity index (χ0n) is 16.1. The molecule has 0 saturated carbocycles. The summed E-state index contributed by atoms with van der Waals surface area (Å²) in [6.07, 6.45) is 3.44. The molecule has 8 heteroatoms. The van der Waals surface area contributed by atoms with E-state index in [1.165, 1.54) is 11.3 Å². The molecule has 1 saturated heterocycles. The minimum absolute atomic E-state index is 0.248. The number of amides is 2. The average molecular weight is 426 g/mol. The van der Waals surface area contributed by atoms with Crippen molar-refractivity contribution < 1.29 is 14.3 Å². The third kappa shape index (κ3) is 4.45. The molecule has 0 aliphatic carbocycles. The Balaban J connectivity index is 2.07. The number of hydrogen-bond donors (Lipinski definition) is 1. The van der Waals surface area contributed by atoms with Crippen molar-refractivity contribution in [3.8, 4) is 0 Å². The molecule has 1 unspecified atom stereocenters. The number of likely N-dealkylation sites (tertiary alicyclic amines) is 1. The predicted molar refractivity (Wildman–Crippen MR) is 109 cm³/mol. The normalized spacial score (nSPS) is 20.9. The predicted octanol–water partition coefficient (Wildman–Crippen LogP) is 3.99. The second-order valence-electron chi connectivity index (χ2n) is 7.03. The number of esters is 1. The first kappa shape index (κ1) is 21.0. The van der Waals surface area contributed by atoms with Crippen molar-refractivity contribution in [1.82, 2.24) is 15.1 Å². The van der Waals surface area contributed by atoms with Crippen molar-refractivity contribution in [1.29, 1.82) is 0 Å². The van der Waals surface area contributed by atoms with E-state index in [0.29, 0.717) is 33.4 Å². The van der Waals surface area contributed by atoms with Crippen molar-refractivity contribution in [2.45, 2.75) is 32.2 Å². The van der Waals surface area contributed by atoms with Gasteiger partial charge in [-0.15, -0.1) is 0 Å². The smallest absolute Gasteiger partial charge is 0.338 e. The van der Waals surface area contributed by atoms with Crippen LogP contribution >= 0.6 is 23.2 Å². The summed E-state index contributed by atoms with van der Waals surface area (Å²) >= 11 is 12.4. The Morgan fingerprint density at radius 3 is 2.61 bits per heavy atom. The molecule has 2 heterocycles. The number of hydrogen-bond acceptors (Lipinski definition) is 4. The van der Waals surface area contributed by atoms with Gasteiger partial charge in [0.2, 0.25) is 0 Å². The van der Waals surface area contributed by atoms with E-state index >= 15 is 0 Å². The molecule has 0 bridgehead atoms. The van der Waals surface area contributed by atoms with Crippen LogP contribution in [0.15, 0.2) is 29.5 Å². The van der Waals surface area contributed by atoms with Gasteiger partial charge in [0.25, 0.3) is 0 Å². The summed E-state index contributed by atoms with van der Waals surface area (Å²) in [6.45, 7) is 4.42. The van der Waals surface area contributed by atoms with Gasteiger partial charge in [0.1, 0.15) is 0 Å².